The molecule has 0 saturated heterocycles. The van der Waals surface area contributed by atoms with Gasteiger partial charge in [-0.05, 0) is 135 Å². The van der Waals surface area contributed by atoms with E-state index < -0.39 is 30.4 Å². The van der Waals surface area contributed by atoms with Crippen LogP contribution >= 0.6 is 0 Å². The molecule has 0 radical (unpaired) electrons. The van der Waals surface area contributed by atoms with Crippen molar-refractivity contribution >= 4 is 119 Å². The van der Waals surface area contributed by atoms with Crippen LogP contribution in [-0.2, 0) is 30.4 Å². The summed E-state index contributed by atoms with van der Waals surface area (Å²) in [6.07, 6.45) is 0. The summed E-state index contributed by atoms with van der Waals surface area (Å²) in [6.45, 7) is 5.56. The number of hydrogen-bond acceptors (Lipinski definition) is 19. The highest BCUT2D eigenvalue weighted by Gasteiger charge is 2.17. The summed E-state index contributed by atoms with van der Waals surface area (Å²) < 4.78 is 105. The number of aryl methyl sites for hydroxylation is 3. The van der Waals surface area contributed by atoms with Crippen LogP contribution in [0, 0.1) is 20.8 Å². The molecule has 0 unspecified atom stereocenters. The van der Waals surface area contributed by atoms with E-state index in [2.05, 4.69) is 39.9 Å². The molecule has 12 rings (SSSR count). The molecule has 6 N–H and O–H groups in total. The monoisotopic (exact) mass is 1110 g/mol. The average Bonchev–Trinajstić information content (AvgIpc) is 3.40. The van der Waals surface area contributed by atoms with Crippen molar-refractivity contribution in [2.75, 3.05) is 14.2 Å². The number of ether oxygens (including phenoxy) is 2. The number of phenols is 3. The van der Waals surface area contributed by atoms with Crippen LogP contribution in [0.4, 0.5) is 0 Å². The van der Waals surface area contributed by atoms with Crippen LogP contribution in [-0.4, -0.2) is 108 Å². The number of benzene rings is 8. The van der Waals surface area contributed by atoms with Crippen molar-refractivity contribution in [1.29, 1.82) is 0 Å². The third kappa shape index (κ3) is 11.5. The summed E-state index contributed by atoms with van der Waals surface area (Å²) in [4.78, 5) is 34.4. The molecule has 4 heterocycles. The first-order chi connectivity index (χ1) is 36.8. The number of methoxy groups -OCH3 is 2. The zero-order chi connectivity index (χ0) is 56.0. The number of rotatable bonds is 5. The molecule has 0 spiro atoms. The third-order valence-electron chi connectivity index (χ3n) is 11.7. The zero-order valence-corrected chi connectivity index (χ0v) is 43.8. The first kappa shape index (κ1) is 53.7. The number of fused-ring (bicyclic) bond motifs is 8. The third-order valence-corrected chi connectivity index (χ3v) is 14.3. The van der Waals surface area contributed by atoms with Gasteiger partial charge >= 0.3 is 0 Å². The van der Waals surface area contributed by atoms with Gasteiger partial charge in [0.2, 0.25) is 0 Å². The molecule has 0 aliphatic rings. The fraction of sp³-hybridized carbons (Fsp3) is 0.0943. The zero-order valence-electron chi connectivity index (χ0n) is 41.4. The Morgan fingerprint density at radius 3 is 1.03 bits per heavy atom. The Morgan fingerprint density at radius 1 is 0.333 bits per heavy atom. The molecular formula is C53H42N8O14S3. The topological polar surface area (TPSA) is 345 Å². The molecule has 22 nitrogen and oxygen atoms in total. The lowest BCUT2D eigenvalue weighted by Crippen LogP contribution is -1.99. The molecule has 0 fully saturated rings. The summed E-state index contributed by atoms with van der Waals surface area (Å²) in [5.74, 6) is 0.935. The van der Waals surface area contributed by atoms with Gasteiger partial charge in [0.15, 0.2) is 11.5 Å². The lowest BCUT2D eigenvalue weighted by atomic mass is 10.2. The van der Waals surface area contributed by atoms with E-state index in [1.807, 2.05) is 62.4 Å². The van der Waals surface area contributed by atoms with Gasteiger partial charge in [-0.25, -0.2) is 39.9 Å². The Hall–Kier alpha value is -9.11. The fourth-order valence-corrected chi connectivity index (χ4v) is 9.46. The molecular weight excluding hydrogens is 1070 g/mol. The highest BCUT2D eigenvalue weighted by atomic mass is 32.2. The van der Waals surface area contributed by atoms with Crippen LogP contribution in [0.5, 0.6) is 28.7 Å². The van der Waals surface area contributed by atoms with Crippen molar-refractivity contribution < 1.29 is 63.7 Å². The summed E-state index contributed by atoms with van der Waals surface area (Å²) in [6, 6.07) is 33.0. The Kier molecular flexibility index (Phi) is 14.3. The van der Waals surface area contributed by atoms with Crippen molar-refractivity contribution in [1.82, 2.24) is 39.9 Å². The normalized spacial score (nSPS) is 11.8. The number of aromatic nitrogens is 8. The van der Waals surface area contributed by atoms with Gasteiger partial charge in [-0.1, -0.05) is 12.1 Å². The van der Waals surface area contributed by atoms with Gasteiger partial charge in [-0.3, -0.25) is 13.7 Å². The Morgan fingerprint density at radius 2 is 0.628 bits per heavy atom. The van der Waals surface area contributed by atoms with E-state index in [4.69, 9.17) is 23.1 Å². The van der Waals surface area contributed by atoms with Crippen LogP contribution in [0.1, 0.15) is 16.7 Å². The van der Waals surface area contributed by atoms with E-state index in [0.717, 1.165) is 22.2 Å². The molecule has 25 heteroatoms. The predicted molar refractivity (Wildman–Crippen MR) is 290 cm³/mol. The molecule has 0 saturated carbocycles. The maximum absolute atomic E-state index is 11.2. The quantitative estimate of drug-likeness (QED) is 0.0532. The fourth-order valence-electron chi connectivity index (χ4n) is 7.96. The highest BCUT2D eigenvalue weighted by Crippen LogP contribution is 2.32. The standard InChI is InChI=1S/2C14H12N2O4S.C13H10N2O4S.C12H8N2O2/c1-8-5-12-14(13(6-8)20-2)16-10-4-3-9(21(17,18)19)7-11(10)15-12;1-8-5-12-14(13(6-8)20-2)16-11-7-9(21(17,18)19)3-4-10(11)15-12;1-7-4-10-12(6-13(7)16)14-9-3-2-8(20(17,18)19)5-11(9)15-10;15-11-5-9-10(6-12(11)16)14-8-4-2-1-3-7(8)13-9/h2*3-7H,1-2H3,(H,17,18,19);2-6,16H,1H3,(H,17,18,19);1-6,15-16H. The molecule has 12 aromatic rings. The average molecular weight is 1110 g/mol. The van der Waals surface area contributed by atoms with E-state index >= 15 is 0 Å². The second-order valence-corrected chi connectivity index (χ2v) is 21.7. The Balaban J connectivity index is 0.000000127. The molecule has 0 aliphatic carbocycles. The summed E-state index contributed by atoms with van der Waals surface area (Å²) in [5.41, 5.74) is 11.4. The first-order valence-corrected chi connectivity index (χ1v) is 27.1. The summed E-state index contributed by atoms with van der Waals surface area (Å²) in [5, 5.41) is 28.4. The summed E-state index contributed by atoms with van der Waals surface area (Å²) >= 11 is 0. The van der Waals surface area contributed by atoms with Gasteiger partial charge in [0.25, 0.3) is 30.4 Å². The van der Waals surface area contributed by atoms with Crippen LogP contribution in [0.3, 0.4) is 0 Å². The van der Waals surface area contributed by atoms with Crippen molar-refractivity contribution in [3.05, 3.63) is 144 Å². The predicted octanol–water partition coefficient (Wildman–Crippen LogP) is 8.93. The number of para-hydroxylation sites is 2. The van der Waals surface area contributed by atoms with Crippen molar-refractivity contribution in [3.8, 4) is 28.7 Å². The Bertz CT molecular complexity index is 4730. The lowest BCUT2D eigenvalue weighted by Gasteiger charge is -2.07. The molecule has 0 aliphatic heterocycles. The number of nitrogens with zero attached hydrogens (tertiary/aromatic N) is 8. The number of phenolic OH excluding ortho intramolecular Hbond substituents is 3. The maximum atomic E-state index is 11.2. The van der Waals surface area contributed by atoms with Crippen LogP contribution in [0.25, 0.3) is 88.3 Å². The molecule has 4 aromatic heterocycles. The molecule has 0 amide bonds. The van der Waals surface area contributed by atoms with E-state index in [1.165, 1.54) is 79.9 Å². The molecule has 78 heavy (non-hydrogen) atoms. The van der Waals surface area contributed by atoms with Gasteiger partial charge in [-0.2, -0.15) is 25.3 Å². The van der Waals surface area contributed by atoms with Gasteiger partial charge in [0.1, 0.15) is 28.3 Å². The van der Waals surface area contributed by atoms with E-state index in [-0.39, 0.29) is 31.9 Å². The van der Waals surface area contributed by atoms with Gasteiger partial charge in [-0.15, -0.1) is 0 Å². The van der Waals surface area contributed by atoms with E-state index in [9.17, 15) is 40.6 Å². The molecule has 0 atom stereocenters. The number of hydrogen-bond donors (Lipinski definition) is 6. The van der Waals surface area contributed by atoms with Crippen LogP contribution < -0.4 is 9.47 Å². The largest absolute Gasteiger partial charge is 0.508 e. The minimum atomic E-state index is -4.27. The van der Waals surface area contributed by atoms with Gasteiger partial charge in [0, 0.05) is 18.2 Å². The minimum Gasteiger partial charge on any atom is -0.508 e. The molecule has 0 bridgehead atoms. The van der Waals surface area contributed by atoms with E-state index in [0.29, 0.717) is 94.3 Å². The van der Waals surface area contributed by atoms with Crippen LogP contribution in [0.15, 0.2) is 142 Å². The van der Waals surface area contributed by atoms with Crippen LogP contribution in [0.2, 0.25) is 0 Å². The summed E-state index contributed by atoms with van der Waals surface area (Å²) in [7, 11) is -9.71. The first-order valence-electron chi connectivity index (χ1n) is 22.8. The molecule has 396 valence electrons. The van der Waals surface area contributed by atoms with Crippen molar-refractivity contribution in [2.24, 2.45) is 0 Å². The SMILES string of the molecule is COc1cc(C)cc2nc3cc(S(=O)(=O)O)ccc3nc12.COc1cc(C)cc2nc3ccc(S(=O)(=O)O)cc3nc12.Cc1cc2nc3cc(S(=O)(=O)O)ccc3nc2cc1O.Oc1cc2nc3ccccc3nc2cc1O. The Labute approximate surface area is 442 Å². The second-order valence-electron chi connectivity index (χ2n) is 17.4. The second kappa shape index (κ2) is 20.8. The van der Waals surface area contributed by atoms with E-state index in [1.54, 1.807) is 20.1 Å². The molecule has 8 aromatic carbocycles. The minimum absolute atomic E-state index is 0.126. The smallest absolute Gasteiger partial charge is 0.294 e. The number of aromatic hydroxyl groups is 3. The van der Waals surface area contributed by atoms with Crippen molar-refractivity contribution in [2.45, 2.75) is 35.5 Å². The van der Waals surface area contributed by atoms with Crippen molar-refractivity contribution in [3.63, 3.8) is 0 Å². The highest BCUT2D eigenvalue weighted by molar-refractivity contribution is 7.86. The lowest BCUT2D eigenvalue weighted by molar-refractivity contribution is 0.404. The van der Waals surface area contributed by atoms with Gasteiger partial charge in [0.05, 0.1) is 106 Å². The maximum Gasteiger partial charge on any atom is 0.294 e. The van der Waals surface area contributed by atoms with Gasteiger partial charge < -0.3 is 24.8 Å².